The van der Waals surface area contributed by atoms with Crippen molar-refractivity contribution in [3.8, 4) is 11.1 Å². The zero-order chi connectivity index (χ0) is 19.6. The van der Waals surface area contributed by atoms with Gasteiger partial charge in [0.1, 0.15) is 0 Å². The number of aryl methyl sites for hydroxylation is 1. The van der Waals surface area contributed by atoms with Gasteiger partial charge < -0.3 is 11.1 Å². The highest BCUT2D eigenvalue weighted by Gasteiger charge is 2.26. The highest BCUT2D eigenvalue weighted by molar-refractivity contribution is 6.31. The van der Waals surface area contributed by atoms with E-state index in [-0.39, 0.29) is 0 Å². The van der Waals surface area contributed by atoms with Crippen LogP contribution in [-0.4, -0.2) is 20.9 Å². The van der Waals surface area contributed by atoms with Crippen LogP contribution < -0.4 is 11.1 Å². The smallest absolute Gasteiger partial charge is 0.248 e. The maximum absolute atomic E-state index is 11.3. The van der Waals surface area contributed by atoms with Crippen molar-refractivity contribution >= 4 is 23.5 Å². The highest BCUT2D eigenvalue weighted by Crippen LogP contribution is 2.29. The van der Waals surface area contributed by atoms with E-state index in [1.165, 1.54) is 0 Å². The summed E-state index contributed by atoms with van der Waals surface area (Å²) in [7, 11) is 0. The van der Waals surface area contributed by atoms with Crippen molar-refractivity contribution in [2.45, 2.75) is 26.3 Å². The summed E-state index contributed by atoms with van der Waals surface area (Å²) in [6.45, 7) is 5.85. The third-order valence-corrected chi connectivity index (χ3v) is 4.44. The SMILES string of the molecule is Cc1ccc(Cl)c(C(C)(C)Nc2ncc(-c3cccc(C(N)=O)c3)cn2)n1. The number of hydrogen-bond acceptors (Lipinski definition) is 5. The number of anilines is 1. The molecular weight excluding hydrogens is 362 g/mol. The maximum atomic E-state index is 11.3. The molecule has 2 aromatic heterocycles. The molecule has 2 heterocycles. The maximum Gasteiger partial charge on any atom is 0.248 e. The summed E-state index contributed by atoms with van der Waals surface area (Å²) >= 11 is 6.31. The Morgan fingerprint density at radius 3 is 2.48 bits per heavy atom. The fourth-order valence-electron chi connectivity index (χ4n) is 2.71. The zero-order valence-electron chi connectivity index (χ0n) is 15.3. The average Bonchev–Trinajstić information content (AvgIpc) is 2.64. The highest BCUT2D eigenvalue weighted by atomic mass is 35.5. The molecule has 0 spiro atoms. The van der Waals surface area contributed by atoms with Gasteiger partial charge in [0.15, 0.2) is 0 Å². The van der Waals surface area contributed by atoms with Gasteiger partial charge in [0, 0.05) is 29.2 Å². The summed E-state index contributed by atoms with van der Waals surface area (Å²) in [6, 6.07) is 10.7. The van der Waals surface area contributed by atoms with Crippen LogP contribution in [0.15, 0.2) is 48.8 Å². The lowest BCUT2D eigenvalue weighted by molar-refractivity contribution is 0.100. The van der Waals surface area contributed by atoms with Crippen LogP contribution in [0.5, 0.6) is 0 Å². The van der Waals surface area contributed by atoms with Crippen molar-refractivity contribution in [2.24, 2.45) is 5.73 Å². The second-order valence-corrected chi connectivity index (χ2v) is 7.18. The topological polar surface area (TPSA) is 93.8 Å². The number of amides is 1. The molecule has 7 heteroatoms. The summed E-state index contributed by atoms with van der Waals surface area (Å²) in [5.41, 5.74) is 8.43. The van der Waals surface area contributed by atoms with E-state index in [0.29, 0.717) is 16.5 Å². The predicted octanol–water partition coefficient (Wildman–Crippen LogP) is 3.95. The van der Waals surface area contributed by atoms with Crippen molar-refractivity contribution in [2.75, 3.05) is 5.32 Å². The van der Waals surface area contributed by atoms with Gasteiger partial charge in [0.25, 0.3) is 0 Å². The van der Waals surface area contributed by atoms with Crippen molar-refractivity contribution in [3.05, 3.63) is 70.8 Å². The van der Waals surface area contributed by atoms with Gasteiger partial charge in [-0.1, -0.05) is 23.7 Å². The molecule has 0 aliphatic rings. The van der Waals surface area contributed by atoms with Crippen LogP contribution in [0.25, 0.3) is 11.1 Å². The van der Waals surface area contributed by atoms with Crippen molar-refractivity contribution in [3.63, 3.8) is 0 Å². The molecule has 0 atom stereocenters. The third kappa shape index (κ3) is 4.23. The number of rotatable bonds is 5. The Morgan fingerprint density at radius 2 is 1.81 bits per heavy atom. The lowest BCUT2D eigenvalue weighted by Gasteiger charge is -2.27. The molecule has 3 N–H and O–H groups in total. The molecular formula is C20H20ClN5O. The van der Waals surface area contributed by atoms with E-state index >= 15 is 0 Å². The number of nitrogens with two attached hydrogens (primary N) is 1. The Labute approximate surface area is 162 Å². The van der Waals surface area contributed by atoms with Gasteiger partial charge in [0.05, 0.1) is 16.3 Å². The number of benzene rings is 1. The predicted molar refractivity (Wildman–Crippen MR) is 107 cm³/mol. The Hall–Kier alpha value is -2.99. The monoisotopic (exact) mass is 381 g/mol. The first kappa shape index (κ1) is 18.8. The van der Waals surface area contributed by atoms with Gasteiger partial charge in [-0.25, -0.2) is 9.97 Å². The molecule has 0 aliphatic carbocycles. The Kier molecular flexibility index (Phi) is 5.10. The first-order valence-corrected chi connectivity index (χ1v) is 8.78. The van der Waals surface area contributed by atoms with Gasteiger partial charge in [-0.05, 0) is 50.6 Å². The van der Waals surface area contributed by atoms with Gasteiger partial charge in [-0.2, -0.15) is 0 Å². The summed E-state index contributed by atoms with van der Waals surface area (Å²) in [4.78, 5) is 24.7. The number of aromatic nitrogens is 3. The number of hydrogen-bond donors (Lipinski definition) is 2. The quantitative estimate of drug-likeness (QED) is 0.697. The van der Waals surface area contributed by atoms with Crippen LogP contribution in [-0.2, 0) is 5.54 Å². The minimum absolute atomic E-state index is 0.441. The molecule has 0 saturated heterocycles. The van der Waals surface area contributed by atoms with Crippen LogP contribution in [0.1, 0.15) is 35.6 Å². The van der Waals surface area contributed by atoms with Crippen molar-refractivity contribution < 1.29 is 4.79 Å². The summed E-state index contributed by atoms with van der Waals surface area (Å²) in [5, 5.41) is 3.85. The van der Waals surface area contributed by atoms with Gasteiger partial charge in [-0.3, -0.25) is 9.78 Å². The largest absolute Gasteiger partial charge is 0.366 e. The van der Waals surface area contributed by atoms with E-state index in [4.69, 9.17) is 17.3 Å². The number of carbonyl (C=O) groups excluding carboxylic acids is 1. The molecule has 6 nitrogen and oxygen atoms in total. The summed E-state index contributed by atoms with van der Waals surface area (Å²) in [6.07, 6.45) is 3.38. The van der Waals surface area contributed by atoms with Crippen LogP contribution in [0.3, 0.4) is 0 Å². The minimum atomic E-state index is -0.559. The molecule has 1 amide bonds. The van der Waals surface area contributed by atoms with E-state index in [9.17, 15) is 4.79 Å². The zero-order valence-corrected chi connectivity index (χ0v) is 16.1. The fraction of sp³-hybridized carbons (Fsp3) is 0.200. The first-order valence-electron chi connectivity index (χ1n) is 8.40. The van der Waals surface area contributed by atoms with E-state index in [2.05, 4.69) is 20.3 Å². The van der Waals surface area contributed by atoms with Gasteiger partial charge in [-0.15, -0.1) is 0 Å². The van der Waals surface area contributed by atoms with Crippen LogP contribution in [0.4, 0.5) is 5.95 Å². The molecule has 0 radical (unpaired) electrons. The Balaban J connectivity index is 1.84. The van der Waals surface area contributed by atoms with Crippen LogP contribution in [0, 0.1) is 6.92 Å². The number of carbonyl (C=O) groups is 1. The molecule has 27 heavy (non-hydrogen) atoms. The first-order chi connectivity index (χ1) is 12.8. The number of pyridine rings is 1. The average molecular weight is 382 g/mol. The number of nitrogens with zero attached hydrogens (tertiary/aromatic N) is 3. The molecule has 138 valence electrons. The summed E-state index contributed by atoms with van der Waals surface area (Å²) in [5.74, 6) is -0.0190. The second-order valence-electron chi connectivity index (χ2n) is 6.77. The van der Waals surface area contributed by atoms with E-state index in [0.717, 1.165) is 22.5 Å². The molecule has 0 saturated carbocycles. The molecule has 0 aliphatic heterocycles. The Bertz CT molecular complexity index is 986. The minimum Gasteiger partial charge on any atom is -0.366 e. The van der Waals surface area contributed by atoms with Gasteiger partial charge >= 0.3 is 0 Å². The van der Waals surface area contributed by atoms with Crippen LogP contribution in [0.2, 0.25) is 5.02 Å². The molecule has 3 aromatic rings. The Morgan fingerprint density at radius 1 is 1.11 bits per heavy atom. The normalized spacial score (nSPS) is 11.3. The van der Waals surface area contributed by atoms with E-state index in [1.807, 2.05) is 39.0 Å². The number of halogens is 1. The molecule has 0 fully saturated rings. The summed E-state index contributed by atoms with van der Waals surface area (Å²) < 4.78 is 0. The second kappa shape index (κ2) is 7.32. The fourth-order valence-corrected chi connectivity index (χ4v) is 3.05. The number of nitrogens with one attached hydrogen (secondary N) is 1. The molecule has 0 bridgehead atoms. The van der Waals surface area contributed by atoms with E-state index in [1.54, 1.807) is 30.6 Å². The lowest BCUT2D eigenvalue weighted by atomic mass is 9.99. The molecule has 0 unspecified atom stereocenters. The van der Waals surface area contributed by atoms with Crippen LogP contribution >= 0.6 is 11.6 Å². The van der Waals surface area contributed by atoms with E-state index < -0.39 is 11.4 Å². The molecule has 1 aromatic carbocycles. The van der Waals surface area contributed by atoms with Crippen molar-refractivity contribution in [1.29, 1.82) is 0 Å². The number of primary amides is 1. The molecule has 3 rings (SSSR count). The standard InChI is InChI=1S/C20H20ClN5O/c1-12-7-8-16(21)17(25-12)20(2,3)26-19-23-10-15(11-24-19)13-5-4-6-14(9-13)18(22)27/h4-11H,1-3H3,(H2,22,27)(H,23,24,26). The van der Waals surface area contributed by atoms with Crippen molar-refractivity contribution in [1.82, 2.24) is 15.0 Å². The van der Waals surface area contributed by atoms with Gasteiger partial charge in [0.2, 0.25) is 11.9 Å². The third-order valence-electron chi connectivity index (χ3n) is 4.13. The lowest BCUT2D eigenvalue weighted by Crippen LogP contribution is -2.30.